The molecule has 1 aliphatic rings. The van der Waals surface area contributed by atoms with Gasteiger partial charge in [-0.3, -0.25) is 14.3 Å². The van der Waals surface area contributed by atoms with Crippen molar-refractivity contribution in [3.8, 4) is 5.75 Å². The number of carbonyl (C=O) groups is 2. The van der Waals surface area contributed by atoms with E-state index in [-0.39, 0.29) is 41.1 Å². The topological polar surface area (TPSA) is 100 Å². The predicted molar refractivity (Wildman–Crippen MR) is 104 cm³/mol. The molecule has 3 aromatic rings. The van der Waals surface area contributed by atoms with Crippen LogP contribution in [0.5, 0.6) is 5.75 Å². The van der Waals surface area contributed by atoms with Gasteiger partial charge in [-0.15, -0.1) is 0 Å². The van der Waals surface area contributed by atoms with Crippen molar-refractivity contribution < 1.29 is 27.9 Å². The maximum absolute atomic E-state index is 13.1. The van der Waals surface area contributed by atoms with Crippen molar-refractivity contribution in [2.45, 2.75) is 19.1 Å². The van der Waals surface area contributed by atoms with Crippen LogP contribution in [0.4, 0.5) is 24.7 Å². The lowest BCUT2D eigenvalue weighted by Crippen LogP contribution is -2.43. The molecule has 0 spiro atoms. The van der Waals surface area contributed by atoms with Gasteiger partial charge in [0.1, 0.15) is 5.69 Å². The molecule has 0 unspecified atom stereocenters. The van der Waals surface area contributed by atoms with Gasteiger partial charge in [-0.25, -0.2) is 4.98 Å². The minimum absolute atomic E-state index is 0.00781. The summed E-state index contributed by atoms with van der Waals surface area (Å²) in [5.41, 5.74) is -0.606. The molecule has 1 aromatic carbocycles. The quantitative estimate of drug-likeness (QED) is 0.662. The van der Waals surface area contributed by atoms with E-state index in [0.717, 1.165) is 12.1 Å². The first-order valence-electron chi connectivity index (χ1n) is 9.19. The highest BCUT2D eigenvalue weighted by molar-refractivity contribution is 6.15. The maximum atomic E-state index is 13.1. The van der Waals surface area contributed by atoms with Crippen LogP contribution in [0.3, 0.4) is 0 Å². The molecule has 2 N–H and O–H groups in total. The number of anilines is 2. The minimum Gasteiger partial charge on any atom is -0.504 e. The lowest BCUT2D eigenvalue weighted by atomic mass is 10.1. The zero-order chi connectivity index (χ0) is 22.3. The standard InChI is InChI=1S/C20H16F3N5O3/c1-11-10-27(13-6-4-12(5-7-13)20(21,22)23)19(31)16-14(9-25-28(11)16)18(30)26-17-15(29)3-2-8-24-17/h2-9,11,29H,10H2,1H3,(H,24,26,30)/t11-/m0/s1. The number of aromatic nitrogens is 3. The SMILES string of the molecule is C[C@H]1CN(c2ccc(C(F)(F)F)cc2)C(=O)c2c(C(=O)Nc3ncccc3O)cnn21. The molecule has 1 aliphatic heterocycles. The van der Waals surface area contributed by atoms with E-state index >= 15 is 0 Å². The zero-order valence-corrected chi connectivity index (χ0v) is 16.1. The van der Waals surface area contributed by atoms with E-state index < -0.39 is 23.6 Å². The second-order valence-corrected chi connectivity index (χ2v) is 6.99. The number of nitrogens with one attached hydrogen (secondary N) is 1. The van der Waals surface area contributed by atoms with Crippen molar-refractivity contribution in [2.75, 3.05) is 16.8 Å². The number of hydrogen-bond donors (Lipinski definition) is 2. The second kappa shape index (κ2) is 7.42. The molecule has 1 atom stereocenters. The van der Waals surface area contributed by atoms with Crippen LogP contribution < -0.4 is 10.2 Å². The number of carbonyl (C=O) groups excluding carboxylic acids is 2. The van der Waals surface area contributed by atoms with Crippen LogP contribution in [0, 0.1) is 0 Å². The van der Waals surface area contributed by atoms with Gasteiger partial charge < -0.3 is 15.3 Å². The number of halogens is 3. The highest BCUT2D eigenvalue weighted by atomic mass is 19.4. The normalized spacial score (nSPS) is 16.2. The Hall–Kier alpha value is -3.89. The molecule has 0 saturated heterocycles. The number of rotatable bonds is 3. The first-order chi connectivity index (χ1) is 14.7. The van der Waals surface area contributed by atoms with Crippen molar-refractivity contribution in [2.24, 2.45) is 0 Å². The summed E-state index contributed by atoms with van der Waals surface area (Å²) >= 11 is 0. The number of alkyl halides is 3. The fourth-order valence-corrected chi connectivity index (χ4v) is 3.35. The largest absolute Gasteiger partial charge is 0.504 e. The first-order valence-corrected chi connectivity index (χ1v) is 9.19. The third kappa shape index (κ3) is 3.69. The Morgan fingerprint density at radius 2 is 1.94 bits per heavy atom. The Morgan fingerprint density at radius 1 is 1.23 bits per heavy atom. The third-order valence-electron chi connectivity index (χ3n) is 4.88. The van der Waals surface area contributed by atoms with Gasteiger partial charge in [-0.1, -0.05) is 0 Å². The number of hydrogen-bond acceptors (Lipinski definition) is 5. The van der Waals surface area contributed by atoms with Crippen LogP contribution in [0.1, 0.15) is 39.4 Å². The van der Waals surface area contributed by atoms with Crippen molar-refractivity contribution in [1.29, 1.82) is 0 Å². The van der Waals surface area contributed by atoms with Gasteiger partial charge >= 0.3 is 6.18 Å². The Balaban J connectivity index is 1.66. The van der Waals surface area contributed by atoms with E-state index in [1.54, 1.807) is 6.92 Å². The molecule has 0 aliphatic carbocycles. The molecule has 8 nitrogen and oxygen atoms in total. The van der Waals surface area contributed by atoms with E-state index in [0.29, 0.717) is 0 Å². The summed E-state index contributed by atoms with van der Waals surface area (Å²) in [6.07, 6.45) is -1.88. The maximum Gasteiger partial charge on any atom is 0.416 e. The number of fused-ring (bicyclic) bond motifs is 1. The molecule has 0 bridgehead atoms. The van der Waals surface area contributed by atoms with Crippen molar-refractivity contribution in [1.82, 2.24) is 14.8 Å². The smallest absolute Gasteiger partial charge is 0.416 e. The summed E-state index contributed by atoms with van der Waals surface area (Å²) in [5, 5.41) is 16.4. The van der Waals surface area contributed by atoms with Gasteiger partial charge in [0.25, 0.3) is 11.8 Å². The highest BCUT2D eigenvalue weighted by Crippen LogP contribution is 2.33. The molecule has 3 heterocycles. The summed E-state index contributed by atoms with van der Waals surface area (Å²) in [7, 11) is 0. The van der Waals surface area contributed by atoms with E-state index in [9.17, 15) is 27.9 Å². The lowest BCUT2D eigenvalue weighted by Gasteiger charge is -2.32. The summed E-state index contributed by atoms with van der Waals surface area (Å²) in [6.45, 7) is 1.94. The summed E-state index contributed by atoms with van der Waals surface area (Å²) in [6, 6.07) is 6.72. The lowest BCUT2D eigenvalue weighted by molar-refractivity contribution is -0.137. The van der Waals surface area contributed by atoms with E-state index in [1.807, 2.05) is 0 Å². The van der Waals surface area contributed by atoms with Crippen LogP contribution in [-0.4, -0.2) is 38.2 Å². The number of nitrogens with zero attached hydrogens (tertiary/aromatic N) is 4. The van der Waals surface area contributed by atoms with E-state index in [1.165, 1.54) is 46.2 Å². The molecular formula is C20H16F3N5O3. The van der Waals surface area contributed by atoms with E-state index in [2.05, 4.69) is 15.4 Å². The van der Waals surface area contributed by atoms with Crippen molar-refractivity contribution in [3.05, 3.63) is 65.6 Å². The minimum atomic E-state index is -4.49. The summed E-state index contributed by atoms with van der Waals surface area (Å²) < 4.78 is 39.9. The molecule has 0 fully saturated rings. The van der Waals surface area contributed by atoms with E-state index in [4.69, 9.17) is 0 Å². The molecule has 160 valence electrons. The first kappa shape index (κ1) is 20.4. The van der Waals surface area contributed by atoms with Gasteiger partial charge in [0.05, 0.1) is 23.4 Å². The fourth-order valence-electron chi connectivity index (χ4n) is 3.35. The van der Waals surface area contributed by atoms with Gasteiger partial charge in [0, 0.05) is 18.4 Å². The Labute approximate surface area is 173 Å². The highest BCUT2D eigenvalue weighted by Gasteiger charge is 2.36. The Bertz CT molecular complexity index is 1160. The predicted octanol–water partition coefficient (Wildman–Crippen LogP) is 3.48. The summed E-state index contributed by atoms with van der Waals surface area (Å²) in [5.74, 6) is -1.61. The summed E-state index contributed by atoms with van der Waals surface area (Å²) in [4.78, 5) is 31.1. The molecular weight excluding hydrogens is 415 g/mol. The monoisotopic (exact) mass is 431 g/mol. The van der Waals surface area contributed by atoms with Crippen LogP contribution in [-0.2, 0) is 6.18 Å². The number of aromatic hydroxyl groups is 1. The van der Waals surface area contributed by atoms with Crippen molar-refractivity contribution in [3.63, 3.8) is 0 Å². The third-order valence-corrected chi connectivity index (χ3v) is 4.88. The van der Waals surface area contributed by atoms with Gasteiger partial charge in [0.15, 0.2) is 11.6 Å². The Kier molecular flexibility index (Phi) is 4.88. The van der Waals surface area contributed by atoms with Crippen LogP contribution in [0.2, 0.25) is 0 Å². The number of pyridine rings is 1. The molecule has 0 saturated carbocycles. The molecule has 0 radical (unpaired) electrons. The fraction of sp³-hybridized carbons (Fsp3) is 0.200. The number of benzene rings is 1. The van der Waals surface area contributed by atoms with Gasteiger partial charge in [-0.2, -0.15) is 18.3 Å². The second-order valence-electron chi connectivity index (χ2n) is 6.99. The number of amides is 2. The molecule has 31 heavy (non-hydrogen) atoms. The molecule has 4 rings (SSSR count). The van der Waals surface area contributed by atoms with Gasteiger partial charge in [-0.05, 0) is 43.3 Å². The van der Waals surface area contributed by atoms with Gasteiger partial charge in [0.2, 0.25) is 0 Å². The average molecular weight is 431 g/mol. The average Bonchev–Trinajstić information content (AvgIpc) is 3.18. The van der Waals surface area contributed by atoms with Crippen molar-refractivity contribution >= 4 is 23.3 Å². The van der Waals surface area contributed by atoms with Crippen LogP contribution >= 0.6 is 0 Å². The Morgan fingerprint density at radius 3 is 2.58 bits per heavy atom. The molecule has 11 heteroatoms. The van der Waals surface area contributed by atoms with Crippen LogP contribution in [0.25, 0.3) is 0 Å². The molecule has 2 amide bonds. The molecule has 2 aromatic heterocycles. The van der Waals surface area contributed by atoms with Crippen LogP contribution in [0.15, 0.2) is 48.8 Å². The zero-order valence-electron chi connectivity index (χ0n) is 16.1.